The van der Waals surface area contributed by atoms with E-state index < -0.39 is 0 Å². The van der Waals surface area contributed by atoms with Crippen molar-refractivity contribution in [1.29, 1.82) is 0 Å². The molecule has 1 aliphatic rings. The van der Waals surface area contributed by atoms with E-state index in [9.17, 15) is 4.79 Å². The van der Waals surface area contributed by atoms with Gasteiger partial charge < -0.3 is 10.1 Å². The van der Waals surface area contributed by atoms with Crippen LogP contribution in [0.3, 0.4) is 0 Å². The Morgan fingerprint density at radius 1 is 1.41 bits per heavy atom. The van der Waals surface area contributed by atoms with Crippen LogP contribution in [0.1, 0.15) is 55.2 Å². The summed E-state index contributed by atoms with van der Waals surface area (Å²) in [4.78, 5) is 14.9. The van der Waals surface area contributed by atoms with Crippen LogP contribution in [0.15, 0.2) is 18.2 Å². The van der Waals surface area contributed by atoms with Crippen LogP contribution in [0.4, 0.5) is 0 Å². The van der Waals surface area contributed by atoms with Crippen LogP contribution in [0.5, 0.6) is 5.75 Å². The van der Waals surface area contributed by atoms with Crippen molar-refractivity contribution in [3.05, 3.63) is 45.7 Å². The number of hydrogen-bond donors (Lipinski definition) is 1. The monoisotopic (exact) mass is 418 g/mol. The lowest BCUT2D eigenvalue weighted by Gasteiger charge is -2.23. The molecule has 0 saturated carbocycles. The van der Waals surface area contributed by atoms with Gasteiger partial charge in [0.05, 0.1) is 11.7 Å². The van der Waals surface area contributed by atoms with E-state index in [2.05, 4.69) is 22.2 Å². The Labute approximate surface area is 178 Å². The number of hydrogen-bond acceptors (Lipinski definition) is 4. The second-order valence-electron chi connectivity index (χ2n) is 7.88. The summed E-state index contributed by atoms with van der Waals surface area (Å²) in [5.74, 6) is 0.905. The van der Waals surface area contributed by atoms with Crippen molar-refractivity contribution >= 4 is 17.5 Å². The van der Waals surface area contributed by atoms with Crippen LogP contribution < -0.4 is 10.1 Å². The molecule has 0 aliphatic carbocycles. The predicted molar refractivity (Wildman–Crippen MR) is 115 cm³/mol. The van der Waals surface area contributed by atoms with Gasteiger partial charge in [0.1, 0.15) is 11.9 Å². The van der Waals surface area contributed by atoms with Crippen LogP contribution in [0, 0.1) is 13.8 Å². The van der Waals surface area contributed by atoms with Gasteiger partial charge in [0.15, 0.2) is 0 Å². The molecule has 6 nitrogen and oxygen atoms in total. The third-order valence-corrected chi connectivity index (χ3v) is 5.90. The minimum absolute atomic E-state index is 0.0506. The first kappa shape index (κ1) is 21.7. The molecule has 0 fully saturated rings. The molecule has 1 aromatic heterocycles. The summed E-state index contributed by atoms with van der Waals surface area (Å²) in [7, 11) is 1.93. The molecule has 0 bridgehead atoms. The molecule has 2 unspecified atom stereocenters. The fraction of sp³-hybridized carbons (Fsp3) is 0.545. The standard InChI is InChI=1S/C22H31ClN4O2/c1-6-19-13-27(12-17-7-8-18(23)11-20(17)29-19)10-9-21(28)24-14(2)22-15(3)25-26(5)16(22)4/h7-8,11,14,19H,6,9-10,12-13H2,1-5H3,(H,24,28). The van der Waals surface area contributed by atoms with E-state index in [4.69, 9.17) is 16.3 Å². The predicted octanol–water partition coefficient (Wildman–Crippen LogP) is 3.93. The normalized spacial score (nSPS) is 17.9. The second-order valence-corrected chi connectivity index (χ2v) is 8.32. The molecule has 0 spiro atoms. The molecule has 1 aromatic carbocycles. The first-order valence-corrected chi connectivity index (χ1v) is 10.6. The highest BCUT2D eigenvalue weighted by Crippen LogP contribution is 2.29. The highest BCUT2D eigenvalue weighted by molar-refractivity contribution is 6.30. The molecule has 158 valence electrons. The average molecular weight is 419 g/mol. The van der Waals surface area contributed by atoms with Gasteiger partial charge in [0, 0.05) is 54.9 Å². The number of carbonyl (C=O) groups is 1. The zero-order valence-corrected chi connectivity index (χ0v) is 18.7. The summed E-state index contributed by atoms with van der Waals surface area (Å²) in [6.07, 6.45) is 1.45. The quantitative estimate of drug-likeness (QED) is 0.772. The highest BCUT2D eigenvalue weighted by Gasteiger charge is 2.23. The van der Waals surface area contributed by atoms with Gasteiger partial charge in [-0.2, -0.15) is 5.10 Å². The Hall–Kier alpha value is -2.05. The smallest absolute Gasteiger partial charge is 0.221 e. The third kappa shape index (κ3) is 5.11. The number of nitrogens with zero attached hydrogens (tertiary/aromatic N) is 3. The van der Waals surface area contributed by atoms with Crippen molar-refractivity contribution < 1.29 is 9.53 Å². The third-order valence-electron chi connectivity index (χ3n) is 5.66. The van der Waals surface area contributed by atoms with Gasteiger partial charge in [0.2, 0.25) is 5.91 Å². The van der Waals surface area contributed by atoms with Crippen LogP contribution in [0.25, 0.3) is 0 Å². The lowest BCUT2D eigenvalue weighted by Crippen LogP contribution is -2.36. The summed E-state index contributed by atoms with van der Waals surface area (Å²) < 4.78 is 8.00. The van der Waals surface area contributed by atoms with Crippen molar-refractivity contribution in [2.24, 2.45) is 7.05 Å². The Morgan fingerprint density at radius 3 is 2.83 bits per heavy atom. The zero-order valence-electron chi connectivity index (χ0n) is 18.0. The number of fused-ring (bicyclic) bond motifs is 1. The molecule has 7 heteroatoms. The summed E-state index contributed by atoms with van der Waals surface area (Å²) in [6, 6.07) is 5.73. The molecular formula is C22H31ClN4O2. The van der Waals surface area contributed by atoms with Gasteiger partial charge in [0.25, 0.3) is 0 Å². The number of aromatic nitrogens is 2. The Kier molecular flexibility index (Phi) is 6.85. The number of amides is 1. The van der Waals surface area contributed by atoms with Gasteiger partial charge in [-0.3, -0.25) is 14.4 Å². The molecule has 0 radical (unpaired) electrons. The number of rotatable bonds is 6. The molecule has 0 saturated heterocycles. The van der Waals surface area contributed by atoms with Crippen LogP contribution >= 0.6 is 11.6 Å². The van der Waals surface area contributed by atoms with Crippen molar-refractivity contribution in [1.82, 2.24) is 20.0 Å². The molecule has 2 aromatic rings. The summed E-state index contributed by atoms with van der Waals surface area (Å²) in [5.41, 5.74) is 4.26. The van der Waals surface area contributed by atoms with Crippen LogP contribution in [0.2, 0.25) is 5.02 Å². The van der Waals surface area contributed by atoms with Gasteiger partial charge >= 0.3 is 0 Å². The summed E-state index contributed by atoms with van der Waals surface area (Å²) in [5, 5.41) is 8.26. The Bertz CT molecular complexity index is 880. The average Bonchev–Trinajstić information content (AvgIpc) is 2.82. The first-order valence-electron chi connectivity index (χ1n) is 10.2. The van der Waals surface area contributed by atoms with Crippen molar-refractivity contribution in [2.75, 3.05) is 13.1 Å². The minimum Gasteiger partial charge on any atom is -0.489 e. The van der Waals surface area contributed by atoms with Crippen molar-refractivity contribution in [3.8, 4) is 5.75 Å². The van der Waals surface area contributed by atoms with E-state index >= 15 is 0 Å². The van der Waals surface area contributed by atoms with E-state index in [1.807, 2.05) is 50.7 Å². The van der Waals surface area contributed by atoms with Gasteiger partial charge in [-0.05, 0) is 39.3 Å². The molecule has 1 aliphatic heterocycles. The molecule has 1 N–H and O–H groups in total. The number of ether oxygens (including phenoxy) is 1. The van der Waals surface area contributed by atoms with E-state index in [1.54, 1.807) is 0 Å². The summed E-state index contributed by atoms with van der Waals surface area (Å²) in [6.45, 7) is 10.4. The molecule has 3 rings (SSSR count). The van der Waals surface area contributed by atoms with Gasteiger partial charge in [-0.25, -0.2) is 0 Å². The topological polar surface area (TPSA) is 59.4 Å². The number of halogens is 1. The SMILES string of the molecule is CCC1CN(CCC(=O)NC(C)c2c(C)nn(C)c2C)Cc2ccc(Cl)cc2O1. The maximum Gasteiger partial charge on any atom is 0.221 e. The number of carbonyl (C=O) groups excluding carboxylic acids is 1. The van der Waals surface area contributed by atoms with Crippen molar-refractivity contribution in [3.63, 3.8) is 0 Å². The van der Waals surface area contributed by atoms with E-state index in [-0.39, 0.29) is 18.1 Å². The fourth-order valence-corrected chi connectivity index (χ4v) is 4.19. The zero-order chi connectivity index (χ0) is 21.1. The Balaban J connectivity index is 1.61. The summed E-state index contributed by atoms with van der Waals surface area (Å²) >= 11 is 6.13. The van der Waals surface area contributed by atoms with Crippen molar-refractivity contribution in [2.45, 2.75) is 59.2 Å². The largest absolute Gasteiger partial charge is 0.489 e. The maximum absolute atomic E-state index is 12.6. The molecule has 1 amide bonds. The molecular weight excluding hydrogens is 388 g/mol. The maximum atomic E-state index is 12.6. The minimum atomic E-state index is -0.0603. The highest BCUT2D eigenvalue weighted by atomic mass is 35.5. The lowest BCUT2D eigenvalue weighted by molar-refractivity contribution is -0.122. The molecule has 2 heterocycles. The first-order chi connectivity index (χ1) is 13.8. The Morgan fingerprint density at radius 2 is 2.17 bits per heavy atom. The molecule has 2 atom stereocenters. The van der Waals surface area contributed by atoms with E-state index in [0.717, 1.165) is 47.8 Å². The van der Waals surface area contributed by atoms with E-state index in [0.29, 0.717) is 18.0 Å². The lowest BCUT2D eigenvalue weighted by atomic mass is 10.1. The number of benzene rings is 1. The van der Waals surface area contributed by atoms with Crippen LogP contribution in [-0.2, 0) is 18.4 Å². The van der Waals surface area contributed by atoms with Gasteiger partial charge in [-0.1, -0.05) is 24.6 Å². The van der Waals surface area contributed by atoms with Gasteiger partial charge in [-0.15, -0.1) is 0 Å². The fourth-order valence-electron chi connectivity index (χ4n) is 4.02. The molecule has 29 heavy (non-hydrogen) atoms. The number of aryl methyl sites for hydroxylation is 2. The second kappa shape index (κ2) is 9.18. The number of nitrogens with one attached hydrogen (secondary N) is 1. The van der Waals surface area contributed by atoms with E-state index in [1.165, 1.54) is 0 Å². The van der Waals surface area contributed by atoms with Crippen LogP contribution in [-0.4, -0.2) is 39.8 Å².